The zero-order chi connectivity index (χ0) is 22.1. The van der Waals surface area contributed by atoms with Crippen LogP contribution in [-0.2, 0) is 37.1 Å². The molecule has 0 saturated carbocycles. The van der Waals surface area contributed by atoms with Gasteiger partial charge in [-0.25, -0.2) is 0 Å². The second-order valence-electron chi connectivity index (χ2n) is 7.82. The van der Waals surface area contributed by atoms with Crippen molar-refractivity contribution in [3.8, 4) is 0 Å². The standard InChI is InChI=1S/C20H30BNO6P2S/c1-3-29-26-12-20-22-18(11-24-20)19-9-14(23)8-17(28-19)10-16-7-13(2)6-15(27-16)4-5-25-21-30-31/h3,11,14-17,19,23,29-30H,1-2,4-10,12H2/t14-,15+,16-,17+,19-/m1/s1. The van der Waals surface area contributed by atoms with Gasteiger partial charge in [0.1, 0.15) is 6.61 Å². The van der Waals surface area contributed by atoms with Gasteiger partial charge in [0, 0.05) is 8.81 Å². The van der Waals surface area contributed by atoms with E-state index in [0.29, 0.717) is 37.5 Å². The third-order valence-corrected chi connectivity index (χ3v) is 6.30. The minimum atomic E-state index is -0.451. The first kappa shape index (κ1) is 25.1. The van der Waals surface area contributed by atoms with Gasteiger partial charge in [0.2, 0.25) is 5.89 Å². The summed E-state index contributed by atoms with van der Waals surface area (Å²) in [5, 5.41) is 10.4. The Bertz CT molecular complexity index is 789. The molecule has 3 heterocycles. The number of aromatic nitrogens is 1. The number of ether oxygens (including phenoxy) is 2. The molecule has 170 valence electrons. The molecule has 0 amide bonds. The topological polar surface area (TPSA) is 83.2 Å². The predicted molar refractivity (Wildman–Crippen MR) is 126 cm³/mol. The molecule has 0 aromatic carbocycles. The van der Waals surface area contributed by atoms with E-state index in [4.69, 9.17) is 34.9 Å². The fourth-order valence-electron chi connectivity index (χ4n) is 4.02. The summed E-state index contributed by atoms with van der Waals surface area (Å²) >= 11 is 4.88. The number of oxazole rings is 1. The Morgan fingerprint density at radius 1 is 1.29 bits per heavy atom. The molecule has 1 aromatic rings. The molecule has 0 spiro atoms. The van der Waals surface area contributed by atoms with Crippen LogP contribution in [0.25, 0.3) is 0 Å². The number of aliphatic hydroxyl groups excluding tert-OH is 1. The van der Waals surface area contributed by atoms with Crippen LogP contribution in [-0.4, -0.2) is 47.9 Å². The Morgan fingerprint density at radius 2 is 2.13 bits per heavy atom. The minimum absolute atomic E-state index is 0.0215. The Hall–Kier alpha value is -0.495. The number of aliphatic hydroxyl groups is 1. The number of rotatable bonds is 11. The first-order valence-electron chi connectivity index (χ1n) is 10.5. The molecule has 11 heteroatoms. The second-order valence-corrected chi connectivity index (χ2v) is 9.93. The van der Waals surface area contributed by atoms with Gasteiger partial charge in [-0.2, -0.15) is 0 Å². The van der Waals surface area contributed by atoms with Crippen LogP contribution in [0.2, 0.25) is 0 Å². The van der Waals surface area contributed by atoms with E-state index in [1.54, 1.807) is 18.9 Å². The van der Waals surface area contributed by atoms with Gasteiger partial charge in [-0.1, -0.05) is 6.58 Å². The van der Waals surface area contributed by atoms with Crippen molar-refractivity contribution in [1.82, 2.24) is 4.98 Å². The fraction of sp³-hybridized carbons (Fsp3) is 0.650. The van der Waals surface area contributed by atoms with Gasteiger partial charge in [-0.15, -0.1) is 0 Å². The quantitative estimate of drug-likeness (QED) is 0.217. The van der Waals surface area contributed by atoms with Gasteiger partial charge in [0.05, 0.1) is 0 Å². The van der Waals surface area contributed by atoms with Gasteiger partial charge in [-0.3, -0.25) is 0 Å². The molecule has 2 fully saturated rings. The Balaban J connectivity index is 1.53. The molecule has 7 atom stereocenters. The third-order valence-electron chi connectivity index (χ3n) is 5.27. The van der Waals surface area contributed by atoms with E-state index in [0.717, 1.165) is 19.3 Å². The molecule has 0 radical (unpaired) electrons. The van der Waals surface area contributed by atoms with Crippen LogP contribution in [0.1, 0.15) is 56.2 Å². The Morgan fingerprint density at radius 3 is 2.94 bits per heavy atom. The smallest absolute Gasteiger partial charge is 0.446 e. The zero-order valence-corrected chi connectivity index (χ0v) is 20.4. The van der Waals surface area contributed by atoms with Crippen LogP contribution in [0.5, 0.6) is 0 Å². The molecular formula is C20H30BNO6P2S. The van der Waals surface area contributed by atoms with Crippen molar-refractivity contribution in [3.63, 3.8) is 0 Å². The maximum atomic E-state index is 10.4. The van der Waals surface area contributed by atoms with Crippen LogP contribution in [0.3, 0.4) is 0 Å². The van der Waals surface area contributed by atoms with Crippen LogP contribution >= 0.6 is 15.7 Å². The first-order chi connectivity index (χ1) is 15.1. The molecule has 3 rings (SSSR count). The van der Waals surface area contributed by atoms with Gasteiger partial charge >= 0.3 is 149 Å². The molecule has 2 unspecified atom stereocenters. The molecule has 7 nitrogen and oxygen atoms in total. The third kappa shape index (κ3) is 8.41. The molecule has 2 saturated heterocycles. The van der Waals surface area contributed by atoms with Crippen molar-refractivity contribution < 1.29 is 28.2 Å². The SMILES string of the molecule is C=CPOCc1nc([C@H]2C[C@H](O)C[C@@H](C[C@H]3CC(=C)C[C@H](CCOB=[PH]=S)O3)O2)co1. The van der Waals surface area contributed by atoms with Crippen molar-refractivity contribution >= 4 is 34.3 Å². The normalized spacial score (nSPS) is 29.5. The average molecular weight is 485 g/mol. The summed E-state index contributed by atoms with van der Waals surface area (Å²) in [6.07, 6.45) is 5.08. The van der Waals surface area contributed by atoms with Crippen LogP contribution < -0.4 is 0 Å². The molecule has 2 aliphatic rings. The van der Waals surface area contributed by atoms with Gasteiger partial charge in [-0.05, 0) is 5.82 Å². The number of hydrogen-bond donors (Lipinski definition) is 1. The number of hydrogen-bond acceptors (Lipinski definition) is 8. The van der Waals surface area contributed by atoms with Gasteiger partial charge in [0.25, 0.3) is 0 Å². The zero-order valence-electron chi connectivity index (χ0n) is 17.5. The number of nitrogens with zero attached hydrogens (tertiary/aromatic N) is 1. The van der Waals surface area contributed by atoms with Crippen LogP contribution in [0, 0.1) is 0 Å². The van der Waals surface area contributed by atoms with Gasteiger partial charge < -0.3 is 8.94 Å². The summed E-state index contributed by atoms with van der Waals surface area (Å²) in [6.45, 7) is 10.6. The minimum Gasteiger partial charge on any atom is -0.446 e. The fourth-order valence-corrected chi connectivity index (χ4v) is 4.74. The first-order valence-corrected chi connectivity index (χ1v) is 13.7. The van der Waals surface area contributed by atoms with E-state index < -0.39 is 6.10 Å². The summed E-state index contributed by atoms with van der Waals surface area (Å²) in [5.41, 5.74) is 1.87. The van der Waals surface area contributed by atoms with E-state index in [-0.39, 0.29) is 46.7 Å². The summed E-state index contributed by atoms with van der Waals surface area (Å²) in [4.78, 5) is 4.47. The van der Waals surface area contributed by atoms with E-state index in [2.05, 4.69) is 18.1 Å². The van der Waals surface area contributed by atoms with E-state index in [1.165, 1.54) is 5.57 Å². The van der Waals surface area contributed by atoms with Crippen molar-refractivity contribution in [2.24, 2.45) is 0 Å². The molecule has 1 N–H and O–H groups in total. The molecule has 0 bridgehead atoms. The van der Waals surface area contributed by atoms with E-state index in [1.807, 2.05) is 0 Å². The summed E-state index contributed by atoms with van der Waals surface area (Å²) in [7, 11) is 0.203. The van der Waals surface area contributed by atoms with Gasteiger partial charge in [0.15, 0.2) is 0 Å². The summed E-state index contributed by atoms with van der Waals surface area (Å²) in [6, 6.07) is 0. The van der Waals surface area contributed by atoms with Crippen LogP contribution in [0.4, 0.5) is 0 Å². The van der Waals surface area contributed by atoms with Crippen LogP contribution in [0.15, 0.2) is 35.2 Å². The van der Waals surface area contributed by atoms with Crippen molar-refractivity contribution in [2.45, 2.75) is 75.7 Å². The summed E-state index contributed by atoms with van der Waals surface area (Å²) in [5.74, 6) is 2.20. The summed E-state index contributed by atoms with van der Waals surface area (Å²) < 4.78 is 28.8. The van der Waals surface area contributed by atoms with Crippen molar-refractivity contribution in [2.75, 3.05) is 6.61 Å². The molecule has 2 aliphatic heterocycles. The van der Waals surface area contributed by atoms with E-state index in [9.17, 15) is 5.11 Å². The predicted octanol–water partition coefficient (Wildman–Crippen LogP) is 4.08. The maximum absolute atomic E-state index is 10.4. The second kappa shape index (κ2) is 13.3. The Labute approximate surface area is 192 Å². The van der Waals surface area contributed by atoms with Crippen molar-refractivity contribution in [1.29, 1.82) is 0 Å². The average Bonchev–Trinajstić information content (AvgIpc) is 3.20. The molecular weight excluding hydrogens is 455 g/mol. The van der Waals surface area contributed by atoms with Crippen molar-refractivity contribution in [3.05, 3.63) is 42.4 Å². The molecule has 0 aliphatic carbocycles. The Kier molecular flexibility index (Phi) is 10.8. The monoisotopic (exact) mass is 485 g/mol. The molecule has 31 heavy (non-hydrogen) atoms. The van der Waals surface area contributed by atoms with E-state index >= 15 is 0 Å². The molecule has 1 aromatic heterocycles.